The standard InChI is InChI=1S/C25H27ClF3N5O3/c26-18-4-6-20(7-5-18)33-12-10-32(11-13-33)16-23(36)34-9-8-30-24(37)21(34)15-22(35)31-19-3-1-2-17(14-19)25(27,28)29/h1-7,14,21H,8-13,15-16H2,(H,30,37)(H,31,35)/t21-/m0/s1. The highest BCUT2D eigenvalue weighted by molar-refractivity contribution is 6.30. The number of nitrogens with zero attached hydrogens (tertiary/aromatic N) is 3. The zero-order valence-corrected chi connectivity index (χ0v) is 20.7. The molecular weight excluding hydrogens is 511 g/mol. The fourth-order valence-corrected chi connectivity index (χ4v) is 4.60. The molecule has 12 heteroatoms. The number of carbonyl (C=O) groups is 3. The zero-order chi connectivity index (χ0) is 26.6. The lowest BCUT2D eigenvalue weighted by Gasteiger charge is -2.39. The maximum absolute atomic E-state index is 13.1. The van der Waals surface area contributed by atoms with Gasteiger partial charge in [0.25, 0.3) is 0 Å². The number of benzene rings is 2. The van der Waals surface area contributed by atoms with E-state index in [1.807, 2.05) is 29.2 Å². The Labute approximate surface area is 217 Å². The van der Waals surface area contributed by atoms with Crippen molar-refractivity contribution >= 4 is 40.7 Å². The van der Waals surface area contributed by atoms with Crippen molar-refractivity contribution in [1.82, 2.24) is 15.1 Å². The van der Waals surface area contributed by atoms with Crippen LogP contribution in [0.3, 0.4) is 0 Å². The molecule has 0 spiro atoms. The number of anilines is 2. The average molecular weight is 538 g/mol. The minimum atomic E-state index is -4.55. The van der Waals surface area contributed by atoms with Gasteiger partial charge in [0.05, 0.1) is 18.5 Å². The molecule has 2 heterocycles. The SMILES string of the molecule is O=C(C[C@H]1C(=O)NCCN1C(=O)CN1CCN(c2ccc(Cl)cc2)CC1)Nc1cccc(C(F)(F)F)c1. The van der Waals surface area contributed by atoms with Gasteiger partial charge in [-0.25, -0.2) is 0 Å². The monoisotopic (exact) mass is 537 g/mol. The minimum absolute atomic E-state index is 0.0347. The predicted molar refractivity (Wildman–Crippen MR) is 133 cm³/mol. The lowest BCUT2D eigenvalue weighted by molar-refractivity contribution is -0.145. The normalized spacial score (nSPS) is 18.9. The van der Waals surface area contributed by atoms with Crippen molar-refractivity contribution in [3.05, 3.63) is 59.1 Å². The van der Waals surface area contributed by atoms with Crippen LogP contribution in [0.5, 0.6) is 0 Å². The van der Waals surface area contributed by atoms with E-state index in [-0.39, 0.29) is 37.6 Å². The predicted octanol–water partition coefficient (Wildman–Crippen LogP) is 2.84. The summed E-state index contributed by atoms with van der Waals surface area (Å²) in [6.07, 6.45) is -4.91. The topological polar surface area (TPSA) is 85.0 Å². The van der Waals surface area contributed by atoms with Crippen LogP contribution >= 0.6 is 11.6 Å². The summed E-state index contributed by atoms with van der Waals surface area (Å²) in [5, 5.41) is 5.72. The molecule has 2 aromatic carbocycles. The van der Waals surface area contributed by atoms with Crippen molar-refractivity contribution in [2.75, 3.05) is 56.0 Å². The molecule has 0 saturated carbocycles. The molecule has 2 N–H and O–H groups in total. The summed E-state index contributed by atoms with van der Waals surface area (Å²) in [5.74, 6) is -1.39. The molecule has 2 aliphatic rings. The number of carbonyl (C=O) groups excluding carboxylic acids is 3. The highest BCUT2D eigenvalue weighted by Crippen LogP contribution is 2.30. The molecule has 1 atom stereocenters. The number of hydrogen-bond acceptors (Lipinski definition) is 5. The Hall–Kier alpha value is -3.31. The number of halogens is 4. The fraction of sp³-hybridized carbons (Fsp3) is 0.400. The number of hydrogen-bond donors (Lipinski definition) is 2. The van der Waals surface area contributed by atoms with Crippen LogP contribution < -0.4 is 15.5 Å². The van der Waals surface area contributed by atoms with Crippen LogP contribution in [0.2, 0.25) is 5.02 Å². The second kappa shape index (κ2) is 11.4. The summed E-state index contributed by atoms with van der Waals surface area (Å²) in [4.78, 5) is 43.9. The minimum Gasteiger partial charge on any atom is -0.369 e. The Morgan fingerprint density at radius 2 is 1.73 bits per heavy atom. The van der Waals surface area contributed by atoms with Gasteiger partial charge in [-0.1, -0.05) is 17.7 Å². The quantitative estimate of drug-likeness (QED) is 0.592. The van der Waals surface area contributed by atoms with Crippen molar-refractivity contribution in [3.8, 4) is 0 Å². The van der Waals surface area contributed by atoms with Gasteiger partial charge in [0.15, 0.2) is 0 Å². The van der Waals surface area contributed by atoms with Gasteiger partial charge < -0.3 is 20.4 Å². The maximum atomic E-state index is 13.1. The molecule has 8 nitrogen and oxygen atoms in total. The molecule has 2 fully saturated rings. The molecule has 0 bridgehead atoms. The Morgan fingerprint density at radius 3 is 2.41 bits per heavy atom. The molecule has 2 aliphatic heterocycles. The zero-order valence-electron chi connectivity index (χ0n) is 19.9. The number of rotatable bonds is 6. The van der Waals surface area contributed by atoms with Crippen LogP contribution in [-0.4, -0.2) is 79.4 Å². The molecule has 0 radical (unpaired) electrons. The van der Waals surface area contributed by atoms with Gasteiger partial charge in [0.1, 0.15) is 6.04 Å². The van der Waals surface area contributed by atoms with Crippen LogP contribution in [-0.2, 0) is 20.6 Å². The molecule has 4 rings (SSSR count). The largest absolute Gasteiger partial charge is 0.416 e. The van der Waals surface area contributed by atoms with E-state index in [0.29, 0.717) is 18.1 Å². The summed E-state index contributed by atoms with van der Waals surface area (Å²) >= 11 is 5.96. The second-order valence-electron chi connectivity index (χ2n) is 8.96. The molecule has 2 saturated heterocycles. The van der Waals surface area contributed by atoms with Crippen molar-refractivity contribution < 1.29 is 27.6 Å². The van der Waals surface area contributed by atoms with Crippen molar-refractivity contribution in [3.63, 3.8) is 0 Å². The first kappa shape index (κ1) is 26.7. The molecule has 0 aromatic heterocycles. The van der Waals surface area contributed by atoms with E-state index in [1.54, 1.807) is 0 Å². The van der Waals surface area contributed by atoms with E-state index in [1.165, 1.54) is 17.0 Å². The highest BCUT2D eigenvalue weighted by atomic mass is 35.5. The van der Waals surface area contributed by atoms with Gasteiger partial charge in [-0.3, -0.25) is 19.3 Å². The first-order chi connectivity index (χ1) is 17.6. The molecular formula is C25H27ClF3N5O3. The first-order valence-corrected chi connectivity index (χ1v) is 12.2. The van der Waals surface area contributed by atoms with Gasteiger partial charge >= 0.3 is 6.18 Å². The third-order valence-corrected chi connectivity index (χ3v) is 6.68. The molecule has 0 aliphatic carbocycles. The molecule has 37 heavy (non-hydrogen) atoms. The second-order valence-corrected chi connectivity index (χ2v) is 9.40. The molecule has 3 amide bonds. The highest BCUT2D eigenvalue weighted by Gasteiger charge is 2.36. The van der Waals surface area contributed by atoms with Crippen LogP contribution in [0, 0.1) is 0 Å². The van der Waals surface area contributed by atoms with E-state index >= 15 is 0 Å². The summed E-state index contributed by atoms with van der Waals surface area (Å²) < 4.78 is 38.9. The van der Waals surface area contributed by atoms with Crippen LogP contribution in [0.15, 0.2) is 48.5 Å². The number of amides is 3. The number of alkyl halides is 3. The van der Waals surface area contributed by atoms with Gasteiger partial charge in [-0.2, -0.15) is 13.2 Å². The van der Waals surface area contributed by atoms with Crippen molar-refractivity contribution in [2.45, 2.75) is 18.6 Å². The van der Waals surface area contributed by atoms with E-state index in [9.17, 15) is 27.6 Å². The summed E-state index contributed by atoms with van der Waals surface area (Å²) in [6, 6.07) is 10.8. The smallest absolute Gasteiger partial charge is 0.369 e. The molecule has 0 unspecified atom stereocenters. The Kier molecular flexibility index (Phi) is 8.23. The third kappa shape index (κ3) is 6.92. The van der Waals surface area contributed by atoms with E-state index in [4.69, 9.17) is 11.6 Å². The molecule has 198 valence electrons. The van der Waals surface area contributed by atoms with E-state index in [0.717, 1.165) is 30.9 Å². The first-order valence-electron chi connectivity index (χ1n) is 11.9. The van der Waals surface area contributed by atoms with E-state index < -0.39 is 29.6 Å². The third-order valence-electron chi connectivity index (χ3n) is 6.43. The van der Waals surface area contributed by atoms with Crippen LogP contribution in [0.4, 0.5) is 24.5 Å². The average Bonchev–Trinajstić information content (AvgIpc) is 2.86. The van der Waals surface area contributed by atoms with Gasteiger partial charge in [0.2, 0.25) is 17.7 Å². The Bertz CT molecular complexity index is 1140. The fourth-order valence-electron chi connectivity index (χ4n) is 4.48. The lowest BCUT2D eigenvalue weighted by Crippen LogP contribution is -2.60. The summed E-state index contributed by atoms with van der Waals surface area (Å²) in [5.41, 5.74) is 0.121. The van der Waals surface area contributed by atoms with Gasteiger partial charge in [-0.15, -0.1) is 0 Å². The van der Waals surface area contributed by atoms with Crippen LogP contribution in [0.25, 0.3) is 0 Å². The Balaban J connectivity index is 1.33. The number of nitrogens with one attached hydrogen (secondary N) is 2. The van der Waals surface area contributed by atoms with Crippen molar-refractivity contribution in [2.24, 2.45) is 0 Å². The Morgan fingerprint density at radius 1 is 1.03 bits per heavy atom. The van der Waals surface area contributed by atoms with Gasteiger partial charge in [0, 0.05) is 55.7 Å². The lowest BCUT2D eigenvalue weighted by atomic mass is 10.1. The van der Waals surface area contributed by atoms with E-state index in [2.05, 4.69) is 15.5 Å². The van der Waals surface area contributed by atoms with Crippen LogP contribution in [0.1, 0.15) is 12.0 Å². The molecule has 2 aromatic rings. The van der Waals surface area contributed by atoms with Crippen molar-refractivity contribution in [1.29, 1.82) is 0 Å². The number of piperazine rings is 2. The van der Waals surface area contributed by atoms with Gasteiger partial charge in [-0.05, 0) is 42.5 Å². The summed E-state index contributed by atoms with van der Waals surface area (Å²) in [7, 11) is 0. The summed E-state index contributed by atoms with van der Waals surface area (Å²) in [6.45, 7) is 3.35. The maximum Gasteiger partial charge on any atom is 0.416 e.